The fourth-order valence-corrected chi connectivity index (χ4v) is 1.93. The molecule has 0 aliphatic carbocycles. The molecule has 1 saturated heterocycles. The van der Waals surface area contributed by atoms with E-state index in [0.29, 0.717) is 0 Å². The van der Waals surface area contributed by atoms with Gasteiger partial charge in [-0.15, -0.1) is 0 Å². The lowest BCUT2D eigenvalue weighted by atomic mass is 10.2. The molecular formula is C12H18N4O5. The Hall–Kier alpha value is -2.34. The van der Waals surface area contributed by atoms with Gasteiger partial charge in [0.05, 0.1) is 19.1 Å². The lowest BCUT2D eigenvalue weighted by Gasteiger charge is -2.36. The number of nitrogens with zero attached hydrogens (tertiary/aromatic N) is 3. The third-order valence-electron chi connectivity index (χ3n) is 3.04. The molecule has 0 radical (unpaired) electrons. The molecule has 0 bridgehead atoms. The molecule has 1 heterocycles. The van der Waals surface area contributed by atoms with Crippen molar-refractivity contribution in [2.75, 3.05) is 39.9 Å². The highest BCUT2D eigenvalue weighted by Crippen LogP contribution is 2.09. The van der Waals surface area contributed by atoms with Crippen LogP contribution in [-0.4, -0.2) is 78.8 Å². The quantitative estimate of drug-likeness (QED) is 0.638. The Balaban J connectivity index is 2.84. The average Bonchev–Trinajstić information content (AvgIpc) is 2.46. The van der Waals surface area contributed by atoms with E-state index in [9.17, 15) is 14.4 Å². The van der Waals surface area contributed by atoms with Gasteiger partial charge < -0.3 is 20.1 Å². The first kappa shape index (κ1) is 16.7. The summed E-state index contributed by atoms with van der Waals surface area (Å²) < 4.78 is 4.89. The van der Waals surface area contributed by atoms with E-state index in [4.69, 9.17) is 15.1 Å². The molecule has 0 aromatic carbocycles. The predicted octanol–water partition coefficient (Wildman–Crippen LogP) is -1.15. The number of ether oxygens (including phenoxy) is 1. The van der Waals surface area contributed by atoms with Crippen molar-refractivity contribution in [2.24, 2.45) is 0 Å². The van der Waals surface area contributed by atoms with Crippen molar-refractivity contribution < 1.29 is 24.2 Å². The van der Waals surface area contributed by atoms with E-state index in [1.54, 1.807) is 0 Å². The number of hydrogen-bond donors (Lipinski definition) is 2. The first-order chi connectivity index (χ1) is 10.0. The van der Waals surface area contributed by atoms with Gasteiger partial charge in [0.1, 0.15) is 12.6 Å². The summed E-state index contributed by atoms with van der Waals surface area (Å²) in [5, 5.41) is 20.2. The first-order valence-electron chi connectivity index (χ1n) is 6.42. The van der Waals surface area contributed by atoms with Crippen molar-refractivity contribution in [3.05, 3.63) is 0 Å². The fourth-order valence-electron chi connectivity index (χ4n) is 1.93. The molecule has 9 heteroatoms. The van der Waals surface area contributed by atoms with Crippen LogP contribution in [0.4, 0.5) is 4.79 Å². The zero-order valence-corrected chi connectivity index (χ0v) is 11.7. The number of nitrogens with one attached hydrogen (secondary N) is 1. The zero-order valence-electron chi connectivity index (χ0n) is 11.7. The van der Waals surface area contributed by atoms with E-state index in [2.05, 4.69) is 5.32 Å². The zero-order chi connectivity index (χ0) is 15.8. The summed E-state index contributed by atoms with van der Waals surface area (Å²) in [6.07, 6.45) is 0.118. The van der Waals surface area contributed by atoms with Crippen LogP contribution in [0.25, 0.3) is 0 Å². The number of carboxylic acids is 1. The predicted molar refractivity (Wildman–Crippen MR) is 70.2 cm³/mol. The summed E-state index contributed by atoms with van der Waals surface area (Å²) in [5.74, 6) is -1.59. The van der Waals surface area contributed by atoms with Gasteiger partial charge in [0.15, 0.2) is 0 Å². The molecule has 0 spiro atoms. The van der Waals surface area contributed by atoms with E-state index < -0.39 is 23.9 Å². The second-order valence-electron chi connectivity index (χ2n) is 4.46. The molecule has 0 saturated carbocycles. The van der Waals surface area contributed by atoms with Crippen LogP contribution >= 0.6 is 0 Å². The van der Waals surface area contributed by atoms with Gasteiger partial charge in [-0.1, -0.05) is 0 Å². The van der Waals surface area contributed by atoms with Crippen molar-refractivity contribution in [3.8, 4) is 6.07 Å². The number of aliphatic carboxylic acids is 1. The molecule has 1 fully saturated rings. The Kier molecular flexibility index (Phi) is 6.42. The van der Waals surface area contributed by atoms with Gasteiger partial charge >= 0.3 is 12.0 Å². The van der Waals surface area contributed by atoms with E-state index >= 15 is 0 Å². The Labute approximate surface area is 122 Å². The maximum Gasteiger partial charge on any atom is 0.328 e. The van der Waals surface area contributed by atoms with E-state index in [1.165, 1.54) is 12.0 Å². The SMILES string of the molecule is COCCN(CCC#N)C(=O)N1CC(=O)NCC1C(=O)O. The summed E-state index contributed by atoms with van der Waals surface area (Å²) >= 11 is 0. The largest absolute Gasteiger partial charge is 0.480 e. The van der Waals surface area contributed by atoms with Gasteiger partial charge in [0, 0.05) is 26.7 Å². The summed E-state index contributed by atoms with van der Waals surface area (Å²) in [5.41, 5.74) is 0. The van der Waals surface area contributed by atoms with Crippen LogP contribution in [0.2, 0.25) is 0 Å². The fraction of sp³-hybridized carbons (Fsp3) is 0.667. The summed E-state index contributed by atoms with van der Waals surface area (Å²) in [6.45, 7) is 0.196. The number of amides is 3. The number of piperazine rings is 1. The first-order valence-corrected chi connectivity index (χ1v) is 6.42. The van der Waals surface area contributed by atoms with Crippen LogP contribution in [-0.2, 0) is 14.3 Å². The Morgan fingerprint density at radius 3 is 2.86 bits per heavy atom. The maximum atomic E-state index is 12.4. The van der Waals surface area contributed by atoms with Crippen LogP contribution in [0.3, 0.4) is 0 Å². The number of hydrogen-bond acceptors (Lipinski definition) is 5. The Morgan fingerprint density at radius 1 is 1.57 bits per heavy atom. The highest BCUT2D eigenvalue weighted by Gasteiger charge is 2.37. The van der Waals surface area contributed by atoms with Crippen LogP contribution in [0.15, 0.2) is 0 Å². The molecule has 0 aromatic rings. The second-order valence-corrected chi connectivity index (χ2v) is 4.46. The lowest BCUT2D eigenvalue weighted by molar-refractivity contribution is -0.144. The van der Waals surface area contributed by atoms with Gasteiger partial charge in [0.25, 0.3) is 0 Å². The number of carbonyl (C=O) groups is 3. The smallest absolute Gasteiger partial charge is 0.328 e. The molecule has 1 aliphatic rings. The third kappa shape index (κ3) is 4.61. The normalized spacial score (nSPS) is 17.8. The van der Waals surface area contributed by atoms with Gasteiger partial charge in [-0.2, -0.15) is 5.26 Å². The minimum atomic E-state index is -1.18. The van der Waals surface area contributed by atoms with Crippen molar-refractivity contribution in [3.63, 3.8) is 0 Å². The van der Waals surface area contributed by atoms with Crippen molar-refractivity contribution in [1.29, 1.82) is 5.26 Å². The third-order valence-corrected chi connectivity index (χ3v) is 3.04. The number of carboxylic acid groups (broad SMARTS) is 1. The highest BCUT2D eigenvalue weighted by atomic mass is 16.5. The van der Waals surface area contributed by atoms with E-state index in [0.717, 1.165) is 4.90 Å². The van der Waals surface area contributed by atoms with Crippen molar-refractivity contribution in [1.82, 2.24) is 15.1 Å². The number of carbonyl (C=O) groups excluding carboxylic acids is 2. The van der Waals surface area contributed by atoms with Crippen LogP contribution in [0.1, 0.15) is 6.42 Å². The molecule has 9 nitrogen and oxygen atoms in total. The molecule has 1 aliphatic heterocycles. The summed E-state index contributed by atoms with van der Waals surface area (Å²) in [7, 11) is 1.47. The number of urea groups is 1. The molecule has 1 rings (SSSR count). The molecule has 2 N–H and O–H groups in total. The molecular weight excluding hydrogens is 280 g/mol. The van der Waals surface area contributed by atoms with Gasteiger partial charge in [-0.05, 0) is 0 Å². The lowest BCUT2D eigenvalue weighted by Crippen LogP contribution is -2.62. The Bertz CT molecular complexity index is 447. The highest BCUT2D eigenvalue weighted by molar-refractivity contribution is 5.90. The molecule has 116 valence electrons. The monoisotopic (exact) mass is 298 g/mol. The number of nitriles is 1. The van der Waals surface area contributed by atoms with E-state index in [-0.39, 0.29) is 39.2 Å². The van der Waals surface area contributed by atoms with Crippen LogP contribution in [0.5, 0.6) is 0 Å². The van der Waals surface area contributed by atoms with E-state index in [1.807, 2.05) is 6.07 Å². The minimum Gasteiger partial charge on any atom is -0.480 e. The number of rotatable bonds is 6. The Morgan fingerprint density at radius 2 is 2.29 bits per heavy atom. The molecule has 0 aromatic heterocycles. The van der Waals surface area contributed by atoms with Gasteiger partial charge in [-0.3, -0.25) is 9.69 Å². The van der Waals surface area contributed by atoms with Gasteiger partial charge in [0.2, 0.25) is 5.91 Å². The standard InChI is InChI=1S/C12H18N4O5/c1-21-6-5-15(4-2-3-13)12(20)16-8-10(17)14-7-9(16)11(18)19/h9H,2,4-8H2,1H3,(H,14,17)(H,18,19). The van der Waals surface area contributed by atoms with Crippen LogP contribution in [0, 0.1) is 11.3 Å². The molecule has 3 amide bonds. The second kappa shape index (κ2) is 8.06. The maximum absolute atomic E-state index is 12.4. The minimum absolute atomic E-state index is 0.118. The van der Waals surface area contributed by atoms with Crippen molar-refractivity contribution >= 4 is 17.9 Å². The topological polar surface area (TPSA) is 123 Å². The van der Waals surface area contributed by atoms with Crippen molar-refractivity contribution in [2.45, 2.75) is 12.5 Å². The molecule has 1 unspecified atom stereocenters. The van der Waals surface area contributed by atoms with Gasteiger partial charge in [-0.25, -0.2) is 9.59 Å². The van der Waals surface area contributed by atoms with Crippen LogP contribution < -0.4 is 5.32 Å². The number of methoxy groups -OCH3 is 1. The molecule has 1 atom stereocenters. The summed E-state index contributed by atoms with van der Waals surface area (Å²) in [4.78, 5) is 37.3. The summed E-state index contributed by atoms with van der Waals surface area (Å²) in [6, 6.07) is 0.238. The molecule has 21 heavy (non-hydrogen) atoms. The average molecular weight is 298 g/mol.